The van der Waals surface area contributed by atoms with Gasteiger partial charge in [-0.25, -0.2) is 0 Å². The predicted octanol–water partition coefficient (Wildman–Crippen LogP) is 3.59. The van der Waals surface area contributed by atoms with Crippen molar-refractivity contribution < 1.29 is 14.3 Å². The molecule has 0 N–H and O–H groups in total. The first-order valence-corrected chi connectivity index (χ1v) is 9.73. The van der Waals surface area contributed by atoms with Crippen molar-refractivity contribution in [3.63, 3.8) is 0 Å². The summed E-state index contributed by atoms with van der Waals surface area (Å²) in [6.07, 6.45) is 1.79. The van der Waals surface area contributed by atoms with Crippen LogP contribution in [0.3, 0.4) is 0 Å². The number of benzene rings is 1. The first-order valence-electron chi connectivity index (χ1n) is 9.73. The van der Waals surface area contributed by atoms with E-state index in [9.17, 15) is 4.79 Å². The fraction of sp³-hybridized carbons (Fsp3) is 0.304. The molecule has 1 aliphatic heterocycles. The van der Waals surface area contributed by atoms with E-state index in [1.165, 1.54) is 0 Å². The second kappa shape index (κ2) is 7.99. The number of hydrogen-bond acceptors (Lipinski definition) is 4. The SMILES string of the molecule is Cc1cc(C(=O)N(C)Cc2ccc3c(c2)OCCO3)c(C)n1Cc1ccccn1. The van der Waals surface area contributed by atoms with Crippen molar-refractivity contribution in [2.75, 3.05) is 20.3 Å². The number of hydrogen-bond donors (Lipinski definition) is 0. The Bertz CT molecular complexity index is 1030. The van der Waals surface area contributed by atoms with Gasteiger partial charge in [0.2, 0.25) is 0 Å². The molecule has 3 heterocycles. The number of ether oxygens (including phenoxy) is 2. The maximum Gasteiger partial charge on any atom is 0.255 e. The van der Waals surface area contributed by atoms with Crippen molar-refractivity contribution >= 4 is 5.91 Å². The molecule has 29 heavy (non-hydrogen) atoms. The zero-order valence-corrected chi connectivity index (χ0v) is 17.0. The summed E-state index contributed by atoms with van der Waals surface area (Å²) in [6, 6.07) is 13.7. The minimum atomic E-state index is 0.000241. The summed E-state index contributed by atoms with van der Waals surface area (Å²) in [5.74, 6) is 1.50. The largest absolute Gasteiger partial charge is 0.486 e. The van der Waals surface area contributed by atoms with Gasteiger partial charge in [-0.05, 0) is 49.7 Å². The second-order valence-corrected chi connectivity index (χ2v) is 7.33. The highest BCUT2D eigenvalue weighted by Gasteiger charge is 2.20. The Labute approximate surface area is 170 Å². The van der Waals surface area contributed by atoms with Gasteiger partial charge in [0.1, 0.15) is 13.2 Å². The lowest BCUT2D eigenvalue weighted by Crippen LogP contribution is -2.27. The Kier molecular flexibility index (Phi) is 5.25. The summed E-state index contributed by atoms with van der Waals surface area (Å²) in [4.78, 5) is 19.3. The maximum atomic E-state index is 13.1. The summed E-state index contributed by atoms with van der Waals surface area (Å²) in [6.45, 7) is 6.28. The van der Waals surface area contributed by atoms with E-state index in [0.29, 0.717) is 26.3 Å². The fourth-order valence-corrected chi connectivity index (χ4v) is 3.65. The van der Waals surface area contributed by atoms with Crippen molar-refractivity contribution in [3.8, 4) is 11.5 Å². The maximum absolute atomic E-state index is 13.1. The highest BCUT2D eigenvalue weighted by Crippen LogP contribution is 2.31. The summed E-state index contributed by atoms with van der Waals surface area (Å²) < 4.78 is 13.3. The standard InChI is InChI=1S/C23H25N3O3/c1-16-12-20(17(2)26(16)15-19-6-4-5-9-24-19)23(27)25(3)14-18-7-8-21-22(13-18)29-11-10-28-21/h4-9,12-13H,10-11,14-15H2,1-3H3. The monoisotopic (exact) mass is 391 g/mol. The molecule has 0 aliphatic carbocycles. The van der Waals surface area contributed by atoms with Crippen LogP contribution in [0.2, 0.25) is 0 Å². The van der Waals surface area contributed by atoms with Gasteiger partial charge in [-0.15, -0.1) is 0 Å². The molecule has 1 amide bonds. The van der Waals surface area contributed by atoms with Crippen LogP contribution in [-0.4, -0.2) is 40.6 Å². The average molecular weight is 391 g/mol. The highest BCUT2D eigenvalue weighted by molar-refractivity contribution is 5.95. The van der Waals surface area contributed by atoms with E-state index in [0.717, 1.165) is 39.7 Å². The summed E-state index contributed by atoms with van der Waals surface area (Å²) in [5, 5.41) is 0. The van der Waals surface area contributed by atoms with Crippen LogP contribution in [0.25, 0.3) is 0 Å². The molecular weight excluding hydrogens is 366 g/mol. The Morgan fingerprint density at radius 3 is 2.66 bits per heavy atom. The van der Waals surface area contributed by atoms with E-state index in [-0.39, 0.29) is 5.91 Å². The first-order chi connectivity index (χ1) is 14.0. The van der Waals surface area contributed by atoms with Crippen LogP contribution in [0.15, 0.2) is 48.7 Å². The number of amides is 1. The molecule has 0 bridgehead atoms. The van der Waals surface area contributed by atoms with Crippen molar-refractivity contribution in [2.45, 2.75) is 26.9 Å². The molecule has 0 saturated carbocycles. The van der Waals surface area contributed by atoms with Gasteiger partial charge in [0.05, 0.1) is 17.8 Å². The van der Waals surface area contributed by atoms with Crippen molar-refractivity contribution in [1.82, 2.24) is 14.5 Å². The molecule has 6 nitrogen and oxygen atoms in total. The molecule has 0 fully saturated rings. The minimum Gasteiger partial charge on any atom is -0.486 e. The number of rotatable bonds is 5. The van der Waals surface area contributed by atoms with Crippen LogP contribution in [-0.2, 0) is 13.1 Å². The summed E-state index contributed by atoms with van der Waals surface area (Å²) in [7, 11) is 1.82. The third-order valence-electron chi connectivity index (χ3n) is 5.22. The van der Waals surface area contributed by atoms with Gasteiger partial charge >= 0.3 is 0 Å². The van der Waals surface area contributed by atoms with Crippen LogP contribution in [0.4, 0.5) is 0 Å². The van der Waals surface area contributed by atoms with Crippen LogP contribution in [0.1, 0.15) is 33.0 Å². The zero-order chi connectivity index (χ0) is 20.4. The molecule has 1 aliphatic rings. The quantitative estimate of drug-likeness (QED) is 0.667. The molecule has 3 aromatic rings. The van der Waals surface area contributed by atoms with Crippen molar-refractivity contribution in [1.29, 1.82) is 0 Å². The first kappa shape index (κ1) is 19.1. The lowest BCUT2D eigenvalue weighted by Gasteiger charge is -2.21. The number of pyridine rings is 1. The molecular formula is C23H25N3O3. The van der Waals surface area contributed by atoms with E-state index in [1.807, 2.05) is 63.4 Å². The van der Waals surface area contributed by atoms with Crippen LogP contribution in [0.5, 0.6) is 11.5 Å². The summed E-state index contributed by atoms with van der Waals surface area (Å²) >= 11 is 0. The average Bonchev–Trinajstić information content (AvgIpc) is 3.02. The van der Waals surface area contributed by atoms with Crippen LogP contribution >= 0.6 is 0 Å². The van der Waals surface area contributed by atoms with E-state index in [2.05, 4.69) is 9.55 Å². The molecule has 1 aromatic carbocycles. The number of aromatic nitrogens is 2. The van der Waals surface area contributed by atoms with E-state index in [1.54, 1.807) is 11.1 Å². The van der Waals surface area contributed by atoms with Crippen LogP contribution in [0, 0.1) is 13.8 Å². The van der Waals surface area contributed by atoms with Crippen molar-refractivity contribution in [2.24, 2.45) is 0 Å². The lowest BCUT2D eigenvalue weighted by atomic mass is 10.1. The van der Waals surface area contributed by atoms with Gasteiger partial charge in [0, 0.05) is 31.2 Å². The van der Waals surface area contributed by atoms with Crippen LogP contribution < -0.4 is 9.47 Å². The highest BCUT2D eigenvalue weighted by atomic mass is 16.6. The minimum absolute atomic E-state index is 0.000241. The number of fused-ring (bicyclic) bond motifs is 1. The molecule has 0 atom stereocenters. The van der Waals surface area contributed by atoms with E-state index >= 15 is 0 Å². The predicted molar refractivity (Wildman–Crippen MR) is 110 cm³/mol. The molecule has 0 saturated heterocycles. The molecule has 6 heteroatoms. The molecule has 4 rings (SSSR count). The van der Waals surface area contributed by atoms with Gasteiger partial charge in [0.25, 0.3) is 5.91 Å². The topological polar surface area (TPSA) is 56.6 Å². The van der Waals surface area contributed by atoms with Crippen molar-refractivity contribution in [3.05, 3.63) is 76.9 Å². The fourth-order valence-electron chi connectivity index (χ4n) is 3.65. The number of aryl methyl sites for hydroxylation is 1. The van der Waals surface area contributed by atoms with Gasteiger partial charge in [0.15, 0.2) is 11.5 Å². The van der Waals surface area contributed by atoms with Gasteiger partial charge in [-0.1, -0.05) is 12.1 Å². The third kappa shape index (κ3) is 3.97. The lowest BCUT2D eigenvalue weighted by molar-refractivity contribution is 0.0784. The summed E-state index contributed by atoms with van der Waals surface area (Å²) in [5.41, 5.74) is 4.69. The second-order valence-electron chi connectivity index (χ2n) is 7.33. The van der Waals surface area contributed by atoms with E-state index in [4.69, 9.17) is 9.47 Å². The van der Waals surface area contributed by atoms with Gasteiger partial charge in [-0.2, -0.15) is 0 Å². The number of carbonyl (C=O) groups is 1. The van der Waals surface area contributed by atoms with Gasteiger partial charge in [-0.3, -0.25) is 9.78 Å². The van der Waals surface area contributed by atoms with E-state index < -0.39 is 0 Å². The molecule has 0 spiro atoms. The molecule has 2 aromatic heterocycles. The van der Waals surface area contributed by atoms with Gasteiger partial charge < -0.3 is 18.9 Å². The Balaban J connectivity index is 1.51. The number of carbonyl (C=O) groups excluding carboxylic acids is 1. The Hall–Kier alpha value is -3.28. The molecule has 0 unspecified atom stereocenters. The number of nitrogens with zero attached hydrogens (tertiary/aromatic N) is 3. The zero-order valence-electron chi connectivity index (χ0n) is 17.0. The third-order valence-corrected chi connectivity index (χ3v) is 5.22. The smallest absolute Gasteiger partial charge is 0.255 e. The Morgan fingerprint density at radius 2 is 1.90 bits per heavy atom. The molecule has 150 valence electrons. The molecule has 0 radical (unpaired) electrons. The Morgan fingerprint density at radius 1 is 1.10 bits per heavy atom. The normalized spacial score (nSPS) is 12.7.